The summed E-state index contributed by atoms with van der Waals surface area (Å²) in [7, 11) is -2.40. The lowest BCUT2D eigenvalue weighted by Gasteiger charge is -1.97. The van der Waals surface area contributed by atoms with Crippen LogP contribution >= 0.6 is 20.0 Å². The van der Waals surface area contributed by atoms with Gasteiger partial charge >= 0.3 is 8.25 Å². The average Bonchev–Trinajstić information content (AvgIpc) is 2.09. The Hall–Kier alpha value is 0.370. The van der Waals surface area contributed by atoms with Crippen molar-refractivity contribution in [3.8, 4) is 0 Å². The Labute approximate surface area is 85.2 Å². The first-order valence-electron chi connectivity index (χ1n) is 4.64. The summed E-state index contributed by atoms with van der Waals surface area (Å²) in [5.41, 5.74) is 0. The quantitative estimate of drug-likeness (QED) is 0.371. The van der Waals surface area contributed by atoms with E-state index in [-0.39, 0.29) is 0 Å². The molecule has 0 saturated heterocycles. The van der Waals surface area contributed by atoms with E-state index in [9.17, 15) is 4.57 Å². The summed E-state index contributed by atoms with van der Waals surface area (Å²) in [6.07, 6.45) is 6.30. The van der Waals surface area contributed by atoms with Gasteiger partial charge in [-0.15, -0.1) is 21.2 Å². The highest BCUT2D eigenvalue weighted by Gasteiger charge is 2.10. The van der Waals surface area contributed by atoms with Gasteiger partial charge in [-0.05, 0) is 12.2 Å². The first-order chi connectivity index (χ1) is 6.27. The highest BCUT2D eigenvalue weighted by molar-refractivity contribution is 7.99. The molecular weight excluding hydrogens is 207 g/mol. The molecule has 1 unspecified atom stereocenters. The number of hydrogen-bond acceptors (Lipinski definition) is 3. The van der Waals surface area contributed by atoms with Crippen LogP contribution < -0.4 is 0 Å². The largest absolute Gasteiger partial charge is 0.695 e. The Bertz CT molecular complexity index is 133. The van der Waals surface area contributed by atoms with Crippen molar-refractivity contribution >= 4 is 20.0 Å². The lowest BCUT2D eigenvalue weighted by Crippen LogP contribution is -1.85. The molecule has 0 aromatic carbocycles. The minimum atomic E-state index is -2.40. The summed E-state index contributed by atoms with van der Waals surface area (Å²) in [5.74, 6) is 1.35. The van der Waals surface area contributed by atoms with Crippen LogP contribution in [0.3, 0.4) is 0 Å². The summed E-state index contributed by atoms with van der Waals surface area (Å²) in [6.45, 7) is 2.19. The molecule has 0 amide bonds. The van der Waals surface area contributed by atoms with E-state index in [0.29, 0.717) is 5.94 Å². The Morgan fingerprint density at radius 1 is 1.31 bits per heavy atom. The van der Waals surface area contributed by atoms with E-state index in [1.807, 2.05) is 0 Å². The lowest BCUT2D eigenvalue weighted by molar-refractivity contribution is 0.331. The topological polar surface area (TPSA) is 46.5 Å². The monoisotopic (exact) mass is 225 g/mol. The average molecular weight is 225 g/mol. The molecule has 0 aromatic rings. The van der Waals surface area contributed by atoms with Crippen molar-refractivity contribution in [2.24, 2.45) is 0 Å². The van der Waals surface area contributed by atoms with Gasteiger partial charge in [0.1, 0.15) is 0 Å². The molecule has 0 heterocycles. The summed E-state index contributed by atoms with van der Waals surface area (Å²) in [6, 6.07) is 0. The first-order valence-corrected chi connectivity index (χ1v) is 6.92. The third kappa shape index (κ3) is 12.4. The fraction of sp³-hybridized carbons (Fsp3) is 1.00. The second kappa shape index (κ2) is 10.5. The highest BCUT2D eigenvalue weighted by Crippen LogP contribution is 2.18. The van der Waals surface area contributed by atoms with Crippen LogP contribution in [0.5, 0.6) is 0 Å². The summed E-state index contributed by atoms with van der Waals surface area (Å²) in [4.78, 5) is 8.30. The van der Waals surface area contributed by atoms with Crippen LogP contribution in [-0.2, 0) is 9.09 Å². The predicted molar refractivity (Wildman–Crippen MR) is 57.0 cm³/mol. The molecule has 1 atom stereocenters. The van der Waals surface area contributed by atoms with Crippen LogP contribution in [0.2, 0.25) is 0 Å². The third-order valence-corrected chi connectivity index (χ3v) is 3.03. The van der Waals surface area contributed by atoms with Gasteiger partial charge in [-0.1, -0.05) is 32.6 Å². The number of thioether (sulfide) groups is 1. The Morgan fingerprint density at radius 3 is 2.62 bits per heavy atom. The number of hydrogen-bond donors (Lipinski definition) is 1. The minimum absolute atomic E-state index is 0.333. The van der Waals surface area contributed by atoms with Gasteiger partial charge in [-0.2, -0.15) is 0 Å². The molecule has 1 N–H and O–H groups in total. The van der Waals surface area contributed by atoms with Gasteiger partial charge in [0, 0.05) is 4.57 Å². The second-order valence-electron chi connectivity index (χ2n) is 2.81. The van der Waals surface area contributed by atoms with Gasteiger partial charge in [0.15, 0.2) is 5.94 Å². The van der Waals surface area contributed by atoms with Gasteiger partial charge in [-0.3, -0.25) is 0 Å². The molecule has 0 bridgehead atoms. The van der Waals surface area contributed by atoms with Gasteiger partial charge in [0.2, 0.25) is 0 Å². The van der Waals surface area contributed by atoms with Gasteiger partial charge in [0.25, 0.3) is 0 Å². The summed E-state index contributed by atoms with van der Waals surface area (Å²) < 4.78 is 14.6. The molecule has 0 fully saturated rings. The zero-order chi connectivity index (χ0) is 9.94. The minimum Gasteiger partial charge on any atom is -0.133 e. The Kier molecular flexibility index (Phi) is 10.7. The SMILES string of the molecule is CCCCCCCSCO[P+](=O)O. The van der Waals surface area contributed by atoms with E-state index in [1.165, 1.54) is 32.1 Å². The zero-order valence-electron chi connectivity index (χ0n) is 8.07. The molecule has 0 aromatic heterocycles. The standard InChI is InChI=1S/C8H17O3PS/c1-2-3-4-5-6-7-13-8-11-12(9)10/h2-8H2,1H3/p+1. The van der Waals surface area contributed by atoms with Crippen LogP contribution in [-0.4, -0.2) is 16.6 Å². The molecule has 78 valence electrons. The van der Waals surface area contributed by atoms with E-state index in [4.69, 9.17) is 4.89 Å². The van der Waals surface area contributed by atoms with Crippen LogP contribution in [0.1, 0.15) is 39.0 Å². The zero-order valence-corrected chi connectivity index (χ0v) is 9.78. The second-order valence-corrected chi connectivity index (χ2v) is 4.59. The maximum absolute atomic E-state index is 10.1. The summed E-state index contributed by atoms with van der Waals surface area (Å²) in [5, 5.41) is 0. The van der Waals surface area contributed by atoms with Crippen molar-refractivity contribution in [3.05, 3.63) is 0 Å². The molecule has 0 aliphatic heterocycles. The van der Waals surface area contributed by atoms with Crippen LogP contribution in [0.15, 0.2) is 0 Å². The van der Waals surface area contributed by atoms with Crippen LogP contribution in [0, 0.1) is 0 Å². The third-order valence-electron chi connectivity index (χ3n) is 1.64. The smallest absolute Gasteiger partial charge is 0.133 e. The summed E-state index contributed by atoms with van der Waals surface area (Å²) >= 11 is 1.57. The van der Waals surface area contributed by atoms with E-state index < -0.39 is 8.25 Å². The van der Waals surface area contributed by atoms with Crippen LogP contribution in [0.4, 0.5) is 0 Å². The molecule has 0 aliphatic rings. The van der Waals surface area contributed by atoms with Gasteiger partial charge in [-0.25, -0.2) is 0 Å². The van der Waals surface area contributed by atoms with E-state index >= 15 is 0 Å². The molecule has 0 radical (unpaired) electrons. The van der Waals surface area contributed by atoms with E-state index in [1.54, 1.807) is 11.8 Å². The maximum Gasteiger partial charge on any atom is 0.695 e. The Balaban J connectivity index is 2.87. The lowest BCUT2D eigenvalue weighted by atomic mass is 10.2. The Morgan fingerprint density at radius 2 is 2.00 bits per heavy atom. The fourth-order valence-electron chi connectivity index (χ4n) is 0.949. The van der Waals surface area contributed by atoms with Crippen molar-refractivity contribution < 1.29 is 14.0 Å². The van der Waals surface area contributed by atoms with Crippen molar-refractivity contribution in [1.29, 1.82) is 0 Å². The number of unbranched alkanes of at least 4 members (excludes halogenated alkanes) is 4. The predicted octanol–water partition coefficient (Wildman–Crippen LogP) is 3.31. The molecular formula is C8H18O3PS+. The number of rotatable bonds is 9. The molecule has 0 aliphatic carbocycles. The molecule has 13 heavy (non-hydrogen) atoms. The van der Waals surface area contributed by atoms with Crippen molar-refractivity contribution in [1.82, 2.24) is 0 Å². The van der Waals surface area contributed by atoms with E-state index in [0.717, 1.165) is 5.75 Å². The van der Waals surface area contributed by atoms with Crippen molar-refractivity contribution in [3.63, 3.8) is 0 Å². The van der Waals surface area contributed by atoms with Crippen LogP contribution in [0.25, 0.3) is 0 Å². The maximum atomic E-state index is 10.1. The van der Waals surface area contributed by atoms with Gasteiger partial charge < -0.3 is 0 Å². The van der Waals surface area contributed by atoms with Crippen molar-refractivity contribution in [2.45, 2.75) is 39.0 Å². The molecule has 0 rings (SSSR count). The molecule has 0 spiro atoms. The first kappa shape index (κ1) is 13.4. The highest BCUT2D eigenvalue weighted by atomic mass is 32.2. The van der Waals surface area contributed by atoms with Gasteiger partial charge in [0.05, 0.1) is 0 Å². The van der Waals surface area contributed by atoms with E-state index in [2.05, 4.69) is 11.4 Å². The van der Waals surface area contributed by atoms with Crippen molar-refractivity contribution in [2.75, 3.05) is 11.7 Å². The fourth-order valence-corrected chi connectivity index (χ4v) is 2.13. The normalized spacial score (nSPS) is 11.7. The molecule has 0 saturated carbocycles. The molecule has 5 heteroatoms. The molecule has 3 nitrogen and oxygen atoms in total.